The van der Waals surface area contributed by atoms with Gasteiger partial charge in [-0.25, -0.2) is 18.6 Å². The minimum Gasteiger partial charge on any atom is -0.465 e. The van der Waals surface area contributed by atoms with Crippen molar-refractivity contribution >= 4 is 17.0 Å². The van der Waals surface area contributed by atoms with Gasteiger partial charge in [-0.05, 0) is 36.4 Å². The van der Waals surface area contributed by atoms with Crippen molar-refractivity contribution in [1.82, 2.24) is 9.97 Å². The van der Waals surface area contributed by atoms with Gasteiger partial charge in [0, 0.05) is 0 Å². The van der Waals surface area contributed by atoms with Gasteiger partial charge in [-0.2, -0.15) is 0 Å². The fourth-order valence-electron chi connectivity index (χ4n) is 2.06. The summed E-state index contributed by atoms with van der Waals surface area (Å²) in [6.07, 6.45) is 0. The number of hydrogen-bond donors (Lipinski definition) is 1. The van der Waals surface area contributed by atoms with E-state index in [9.17, 15) is 13.6 Å². The molecule has 4 nitrogen and oxygen atoms in total. The van der Waals surface area contributed by atoms with Crippen LogP contribution < -0.4 is 0 Å². The number of ether oxygens (including phenoxy) is 1. The Balaban J connectivity index is 2.13. The third kappa shape index (κ3) is 2.35. The second kappa shape index (κ2) is 4.97. The highest BCUT2D eigenvalue weighted by atomic mass is 19.1. The van der Waals surface area contributed by atoms with E-state index in [2.05, 4.69) is 14.7 Å². The predicted molar refractivity (Wildman–Crippen MR) is 72.8 cm³/mol. The summed E-state index contributed by atoms with van der Waals surface area (Å²) in [5, 5.41) is 0. The summed E-state index contributed by atoms with van der Waals surface area (Å²) in [6, 6.07) is 7.86. The summed E-state index contributed by atoms with van der Waals surface area (Å²) in [6.45, 7) is 0. The molecule has 0 atom stereocenters. The van der Waals surface area contributed by atoms with Crippen molar-refractivity contribution in [3.05, 3.63) is 53.6 Å². The Morgan fingerprint density at radius 2 is 2.00 bits per heavy atom. The van der Waals surface area contributed by atoms with Crippen LogP contribution in [0.3, 0.4) is 0 Å². The number of methoxy groups -OCH3 is 1. The third-order valence-corrected chi connectivity index (χ3v) is 3.09. The average Bonchev–Trinajstić information content (AvgIpc) is 2.91. The highest BCUT2D eigenvalue weighted by molar-refractivity contribution is 5.94. The van der Waals surface area contributed by atoms with Gasteiger partial charge < -0.3 is 9.72 Å². The Morgan fingerprint density at radius 3 is 2.76 bits per heavy atom. The van der Waals surface area contributed by atoms with Crippen LogP contribution in [-0.2, 0) is 4.74 Å². The van der Waals surface area contributed by atoms with Gasteiger partial charge in [0.25, 0.3) is 0 Å². The number of imidazole rings is 1. The fourth-order valence-corrected chi connectivity index (χ4v) is 2.06. The molecular weight excluding hydrogens is 278 g/mol. The second-order valence-corrected chi connectivity index (χ2v) is 4.43. The molecule has 0 saturated carbocycles. The number of esters is 1. The van der Waals surface area contributed by atoms with Gasteiger partial charge in [0.15, 0.2) is 0 Å². The molecule has 3 aromatic rings. The number of benzene rings is 2. The molecule has 3 rings (SSSR count). The van der Waals surface area contributed by atoms with E-state index >= 15 is 0 Å². The van der Waals surface area contributed by atoms with E-state index in [1.807, 2.05) is 0 Å². The van der Waals surface area contributed by atoms with Crippen LogP contribution >= 0.6 is 0 Å². The number of aromatic amines is 1. The van der Waals surface area contributed by atoms with Crippen molar-refractivity contribution in [3.8, 4) is 11.4 Å². The van der Waals surface area contributed by atoms with Gasteiger partial charge >= 0.3 is 5.97 Å². The maximum absolute atomic E-state index is 13.7. The number of fused-ring (bicyclic) bond motifs is 1. The maximum Gasteiger partial charge on any atom is 0.337 e. The molecule has 6 heteroatoms. The van der Waals surface area contributed by atoms with Gasteiger partial charge in [0.2, 0.25) is 0 Å². The summed E-state index contributed by atoms with van der Waals surface area (Å²) in [5.41, 5.74) is 1.46. The van der Waals surface area contributed by atoms with E-state index in [4.69, 9.17) is 0 Å². The number of carbonyl (C=O) groups is 1. The van der Waals surface area contributed by atoms with Crippen molar-refractivity contribution in [2.75, 3.05) is 7.11 Å². The second-order valence-electron chi connectivity index (χ2n) is 4.43. The minimum atomic E-state index is -0.580. The first kappa shape index (κ1) is 13.2. The molecule has 21 heavy (non-hydrogen) atoms. The van der Waals surface area contributed by atoms with Crippen LogP contribution in [0.5, 0.6) is 0 Å². The molecule has 0 saturated heterocycles. The standard InChI is InChI=1S/C15H10F2N2O2/c1-21-15(20)8-2-5-12-13(6-8)19-14(18-12)10-7-9(16)3-4-11(10)17/h2-7H,1H3,(H,18,19). The largest absolute Gasteiger partial charge is 0.465 e. The van der Waals surface area contributed by atoms with Crippen LogP contribution in [0.25, 0.3) is 22.4 Å². The van der Waals surface area contributed by atoms with Crippen LogP contribution in [0, 0.1) is 11.6 Å². The Labute approximate surface area is 118 Å². The lowest BCUT2D eigenvalue weighted by molar-refractivity contribution is 0.0601. The molecule has 0 spiro atoms. The smallest absolute Gasteiger partial charge is 0.337 e. The Morgan fingerprint density at radius 1 is 1.19 bits per heavy atom. The number of rotatable bonds is 2. The molecule has 0 aliphatic rings. The van der Waals surface area contributed by atoms with Crippen LogP contribution in [0.4, 0.5) is 8.78 Å². The molecule has 0 aliphatic heterocycles. The highest BCUT2D eigenvalue weighted by Crippen LogP contribution is 2.24. The van der Waals surface area contributed by atoms with Crippen LogP contribution in [0.15, 0.2) is 36.4 Å². The Hall–Kier alpha value is -2.76. The number of hydrogen-bond acceptors (Lipinski definition) is 3. The molecule has 0 bridgehead atoms. The maximum atomic E-state index is 13.7. The van der Waals surface area contributed by atoms with Crippen LogP contribution in [0.2, 0.25) is 0 Å². The number of H-pyrrole nitrogens is 1. The Kier molecular flexibility index (Phi) is 3.13. The first-order chi connectivity index (χ1) is 10.1. The lowest BCUT2D eigenvalue weighted by atomic mass is 10.2. The van der Waals surface area contributed by atoms with Crippen molar-refractivity contribution in [2.45, 2.75) is 0 Å². The lowest BCUT2D eigenvalue weighted by Gasteiger charge is -1.98. The quantitative estimate of drug-likeness (QED) is 0.736. The van der Waals surface area contributed by atoms with Crippen molar-refractivity contribution < 1.29 is 18.3 Å². The van der Waals surface area contributed by atoms with Gasteiger partial charge in [-0.3, -0.25) is 0 Å². The van der Waals surface area contributed by atoms with E-state index in [1.54, 1.807) is 18.2 Å². The molecule has 1 aromatic heterocycles. The summed E-state index contributed by atoms with van der Waals surface area (Å²) in [5.74, 6) is -1.42. The normalized spacial score (nSPS) is 10.8. The van der Waals surface area contributed by atoms with Gasteiger partial charge in [0.05, 0.1) is 29.3 Å². The zero-order valence-corrected chi connectivity index (χ0v) is 11.0. The summed E-state index contributed by atoms with van der Waals surface area (Å²) in [4.78, 5) is 18.5. The Bertz CT molecular complexity index is 843. The first-order valence-electron chi connectivity index (χ1n) is 6.12. The molecule has 0 fully saturated rings. The molecule has 1 N–H and O–H groups in total. The molecular formula is C15H10F2N2O2. The van der Waals surface area contributed by atoms with E-state index in [0.717, 1.165) is 18.2 Å². The van der Waals surface area contributed by atoms with Crippen molar-refractivity contribution in [2.24, 2.45) is 0 Å². The molecule has 0 amide bonds. The lowest BCUT2D eigenvalue weighted by Crippen LogP contribution is -2.00. The zero-order valence-electron chi connectivity index (χ0n) is 11.0. The monoisotopic (exact) mass is 288 g/mol. The van der Waals surface area contributed by atoms with E-state index in [1.165, 1.54) is 7.11 Å². The van der Waals surface area contributed by atoms with E-state index in [0.29, 0.717) is 16.6 Å². The predicted octanol–water partition coefficient (Wildman–Crippen LogP) is 3.29. The van der Waals surface area contributed by atoms with Gasteiger partial charge in [0.1, 0.15) is 17.5 Å². The van der Waals surface area contributed by atoms with E-state index < -0.39 is 17.6 Å². The highest BCUT2D eigenvalue weighted by Gasteiger charge is 2.13. The SMILES string of the molecule is COC(=O)c1ccc2nc(-c3cc(F)ccc3F)[nH]c2c1. The minimum absolute atomic E-state index is 0.0332. The summed E-state index contributed by atoms with van der Waals surface area (Å²) < 4.78 is 31.6. The zero-order chi connectivity index (χ0) is 15.0. The molecule has 2 aromatic carbocycles. The fraction of sp³-hybridized carbons (Fsp3) is 0.0667. The number of halogens is 2. The molecule has 0 radical (unpaired) electrons. The molecule has 1 heterocycles. The van der Waals surface area contributed by atoms with Gasteiger partial charge in [-0.15, -0.1) is 0 Å². The first-order valence-corrected chi connectivity index (χ1v) is 6.12. The molecule has 106 valence electrons. The van der Waals surface area contributed by atoms with Crippen molar-refractivity contribution in [1.29, 1.82) is 0 Å². The number of carbonyl (C=O) groups excluding carboxylic acids is 1. The number of nitrogens with zero attached hydrogens (tertiary/aromatic N) is 1. The number of aromatic nitrogens is 2. The molecule has 0 unspecified atom stereocenters. The van der Waals surface area contributed by atoms with Gasteiger partial charge in [-0.1, -0.05) is 0 Å². The van der Waals surface area contributed by atoms with Crippen LogP contribution in [0.1, 0.15) is 10.4 Å². The van der Waals surface area contributed by atoms with Crippen molar-refractivity contribution in [3.63, 3.8) is 0 Å². The van der Waals surface area contributed by atoms with E-state index in [-0.39, 0.29) is 11.4 Å². The average molecular weight is 288 g/mol. The topological polar surface area (TPSA) is 55.0 Å². The van der Waals surface area contributed by atoms with Crippen LogP contribution in [-0.4, -0.2) is 23.0 Å². The summed E-state index contributed by atoms with van der Waals surface area (Å²) >= 11 is 0. The third-order valence-electron chi connectivity index (χ3n) is 3.09. The summed E-state index contributed by atoms with van der Waals surface area (Å²) in [7, 11) is 1.28. The number of nitrogens with one attached hydrogen (secondary N) is 1. The molecule has 0 aliphatic carbocycles.